The molecular weight excluding hydrogens is 392 g/mol. The van der Waals surface area contributed by atoms with Gasteiger partial charge in [0.25, 0.3) is 0 Å². The van der Waals surface area contributed by atoms with Gasteiger partial charge in [-0.3, -0.25) is 0 Å². The van der Waals surface area contributed by atoms with E-state index in [0.717, 1.165) is 30.6 Å². The summed E-state index contributed by atoms with van der Waals surface area (Å²) in [6.45, 7) is 2.98. The van der Waals surface area contributed by atoms with Crippen molar-refractivity contribution in [1.29, 1.82) is 0 Å². The van der Waals surface area contributed by atoms with Crippen LogP contribution in [0.1, 0.15) is 44.1 Å². The van der Waals surface area contributed by atoms with Gasteiger partial charge in [0.2, 0.25) is 0 Å². The minimum absolute atomic E-state index is 0.0356. The van der Waals surface area contributed by atoms with Crippen molar-refractivity contribution >= 4 is 33.2 Å². The number of sulfone groups is 1. The van der Waals surface area contributed by atoms with Gasteiger partial charge in [0.15, 0.2) is 15.6 Å². The van der Waals surface area contributed by atoms with Crippen LogP contribution < -0.4 is 10.6 Å². The summed E-state index contributed by atoms with van der Waals surface area (Å²) < 4.78 is 30.4. The maximum Gasteiger partial charge on any atom is 0.319 e. The number of nitrogens with one attached hydrogen (secondary N) is 2. The van der Waals surface area contributed by atoms with E-state index >= 15 is 0 Å². The smallest absolute Gasteiger partial charge is 0.319 e. The molecule has 0 aliphatic heterocycles. The average molecular weight is 413 g/mol. The largest absolute Gasteiger partial charge is 0.504 e. The monoisotopic (exact) mass is 412 g/mol. The highest BCUT2D eigenvalue weighted by Gasteiger charge is 2.29. The number of phenolic OH excluding ortho intramolecular Hbond substituents is 1. The molecule has 7 nitrogen and oxygen atoms in total. The van der Waals surface area contributed by atoms with Crippen LogP contribution in [0.2, 0.25) is 5.02 Å². The van der Waals surface area contributed by atoms with Crippen LogP contribution in [0.25, 0.3) is 0 Å². The molecule has 0 unspecified atom stereocenters. The topological polar surface area (TPSA) is 109 Å². The molecule has 146 valence electrons. The Labute approximate surface area is 162 Å². The lowest BCUT2D eigenvalue weighted by Crippen LogP contribution is -2.34. The Kier molecular flexibility index (Phi) is 5.39. The second-order valence-electron chi connectivity index (χ2n) is 6.72. The van der Waals surface area contributed by atoms with Gasteiger partial charge in [0.05, 0.1) is 28.3 Å². The van der Waals surface area contributed by atoms with Gasteiger partial charge in [-0.1, -0.05) is 11.6 Å². The van der Waals surface area contributed by atoms with E-state index in [0.29, 0.717) is 0 Å². The molecule has 0 fully saturated rings. The molecule has 2 amide bonds. The van der Waals surface area contributed by atoms with Crippen LogP contribution >= 0.6 is 11.6 Å². The van der Waals surface area contributed by atoms with Crippen LogP contribution in [0.15, 0.2) is 33.8 Å². The summed E-state index contributed by atoms with van der Waals surface area (Å²) >= 11 is 5.99. The first-order chi connectivity index (χ1) is 12.7. The lowest BCUT2D eigenvalue weighted by molar-refractivity contribution is 0.244. The number of aryl methyl sites for hydroxylation is 1. The van der Waals surface area contributed by atoms with Gasteiger partial charge < -0.3 is 20.2 Å². The Morgan fingerprint density at radius 3 is 2.78 bits per heavy atom. The number of carbonyl (C=O) groups is 1. The Morgan fingerprint density at radius 2 is 2.07 bits per heavy atom. The molecule has 0 bridgehead atoms. The number of hydrogen-bond acceptors (Lipinski definition) is 5. The van der Waals surface area contributed by atoms with Gasteiger partial charge in [-0.25, -0.2) is 13.2 Å². The average Bonchev–Trinajstić information content (AvgIpc) is 3.07. The predicted molar refractivity (Wildman–Crippen MR) is 102 cm³/mol. The van der Waals surface area contributed by atoms with Gasteiger partial charge in [-0.15, -0.1) is 0 Å². The second kappa shape index (κ2) is 7.44. The number of halogens is 1. The highest BCUT2D eigenvalue weighted by molar-refractivity contribution is 7.92. The van der Waals surface area contributed by atoms with Crippen molar-refractivity contribution in [2.75, 3.05) is 5.32 Å². The molecule has 3 rings (SSSR count). The van der Waals surface area contributed by atoms with Gasteiger partial charge in [-0.2, -0.15) is 0 Å². The quantitative estimate of drug-likeness (QED) is 0.657. The highest BCUT2D eigenvalue weighted by atomic mass is 35.5. The van der Waals surface area contributed by atoms with Crippen LogP contribution in [0.4, 0.5) is 10.5 Å². The number of carbonyl (C=O) groups excluding carboxylic acids is 1. The minimum Gasteiger partial charge on any atom is -0.504 e. The van der Waals surface area contributed by atoms with Crippen LogP contribution in [-0.4, -0.2) is 24.8 Å². The Balaban J connectivity index is 1.82. The van der Waals surface area contributed by atoms with E-state index in [4.69, 9.17) is 16.0 Å². The number of furan rings is 1. The van der Waals surface area contributed by atoms with Crippen LogP contribution in [0.5, 0.6) is 5.75 Å². The van der Waals surface area contributed by atoms with Crippen molar-refractivity contribution in [3.63, 3.8) is 0 Å². The van der Waals surface area contributed by atoms with Crippen LogP contribution in [0.3, 0.4) is 0 Å². The zero-order valence-electron chi connectivity index (χ0n) is 15.0. The van der Waals surface area contributed by atoms with Crippen LogP contribution in [0, 0.1) is 0 Å². The lowest BCUT2D eigenvalue weighted by atomic mass is 9.94. The van der Waals surface area contributed by atoms with Gasteiger partial charge in [-0.05, 0) is 56.9 Å². The Hall–Kier alpha value is -2.19. The van der Waals surface area contributed by atoms with Crippen molar-refractivity contribution in [2.24, 2.45) is 0 Å². The van der Waals surface area contributed by atoms with Crippen molar-refractivity contribution in [3.8, 4) is 5.75 Å². The van der Waals surface area contributed by atoms with Crippen molar-refractivity contribution in [3.05, 3.63) is 40.8 Å². The van der Waals surface area contributed by atoms with E-state index in [1.165, 1.54) is 26.0 Å². The molecule has 1 aromatic heterocycles. The molecule has 9 heteroatoms. The molecule has 1 aromatic carbocycles. The van der Waals surface area contributed by atoms with E-state index in [9.17, 15) is 18.3 Å². The van der Waals surface area contributed by atoms with Gasteiger partial charge in [0.1, 0.15) is 10.7 Å². The van der Waals surface area contributed by atoms with E-state index < -0.39 is 26.9 Å². The fourth-order valence-corrected chi connectivity index (χ4v) is 4.76. The normalized spacial score (nSPS) is 16.8. The second-order valence-corrected chi connectivity index (χ2v) is 9.57. The Bertz CT molecular complexity index is 968. The molecular formula is C18H21ClN2O5S. The summed E-state index contributed by atoms with van der Waals surface area (Å²) in [5.74, 6) is 0.147. The van der Waals surface area contributed by atoms with E-state index in [2.05, 4.69) is 10.6 Å². The van der Waals surface area contributed by atoms with Crippen molar-refractivity contribution < 1.29 is 22.7 Å². The number of hydrogen-bond donors (Lipinski definition) is 3. The zero-order chi connectivity index (χ0) is 19.8. The van der Waals surface area contributed by atoms with Gasteiger partial charge >= 0.3 is 6.03 Å². The van der Waals surface area contributed by atoms with E-state index in [1.54, 1.807) is 6.26 Å². The SMILES string of the molecule is CC(C)S(=O)(=O)c1c(Cl)ccc(NC(=O)N[C@@H]2CCCc3ccoc32)c1O. The summed E-state index contributed by atoms with van der Waals surface area (Å²) in [5, 5.41) is 14.8. The first-order valence-electron chi connectivity index (χ1n) is 8.61. The summed E-state index contributed by atoms with van der Waals surface area (Å²) in [6, 6.07) is 3.72. The summed E-state index contributed by atoms with van der Waals surface area (Å²) in [6.07, 6.45) is 4.14. The molecule has 2 aromatic rings. The third-order valence-electron chi connectivity index (χ3n) is 4.58. The highest BCUT2D eigenvalue weighted by Crippen LogP contribution is 2.39. The summed E-state index contributed by atoms with van der Waals surface area (Å²) in [7, 11) is -3.82. The first-order valence-corrected chi connectivity index (χ1v) is 10.5. The van der Waals surface area contributed by atoms with Crippen molar-refractivity contribution in [1.82, 2.24) is 5.32 Å². The fourth-order valence-electron chi connectivity index (χ4n) is 3.10. The molecule has 0 spiro atoms. The molecule has 0 radical (unpaired) electrons. The molecule has 27 heavy (non-hydrogen) atoms. The molecule has 1 aliphatic carbocycles. The summed E-state index contributed by atoms with van der Waals surface area (Å²) in [5.41, 5.74) is 1.03. The maximum atomic E-state index is 12.5. The third kappa shape index (κ3) is 3.77. The molecule has 1 atom stereocenters. The van der Waals surface area contributed by atoms with E-state index in [1.807, 2.05) is 6.07 Å². The number of phenols is 1. The zero-order valence-corrected chi connectivity index (χ0v) is 16.5. The number of aromatic hydroxyl groups is 1. The number of rotatable bonds is 4. The van der Waals surface area contributed by atoms with E-state index in [-0.39, 0.29) is 21.6 Å². The van der Waals surface area contributed by atoms with Crippen LogP contribution in [-0.2, 0) is 16.3 Å². The maximum absolute atomic E-state index is 12.5. The Morgan fingerprint density at radius 1 is 1.33 bits per heavy atom. The standard InChI is InChI=1S/C18H21ClN2O5S/c1-10(2)27(24,25)17-12(19)6-7-13(15(17)22)20-18(23)21-14-5-3-4-11-8-9-26-16(11)14/h6-10,14,22H,3-5H2,1-2H3,(H2,20,21,23)/t14-/m1/s1. The fraction of sp³-hybridized carbons (Fsp3) is 0.389. The number of benzene rings is 1. The molecule has 3 N–H and O–H groups in total. The third-order valence-corrected chi connectivity index (χ3v) is 7.23. The lowest BCUT2D eigenvalue weighted by Gasteiger charge is -2.22. The van der Waals surface area contributed by atoms with Crippen molar-refractivity contribution in [2.45, 2.75) is 49.3 Å². The molecule has 1 heterocycles. The first kappa shape index (κ1) is 19.6. The minimum atomic E-state index is -3.82. The number of amides is 2. The summed E-state index contributed by atoms with van der Waals surface area (Å²) in [4.78, 5) is 12.0. The van der Waals surface area contributed by atoms with Gasteiger partial charge in [0, 0.05) is 0 Å². The number of urea groups is 1. The number of anilines is 1. The molecule has 0 saturated heterocycles. The molecule has 0 saturated carbocycles. The molecule has 1 aliphatic rings. The predicted octanol–water partition coefficient (Wildman–Crippen LogP) is 4.02. The number of fused-ring (bicyclic) bond motifs is 1.